The third-order valence-electron chi connectivity index (χ3n) is 4.82. The summed E-state index contributed by atoms with van der Waals surface area (Å²) in [5.41, 5.74) is 11.4. The average molecular weight is 321 g/mol. The van der Waals surface area contributed by atoms with E-state index in [2.05, 4.69) is 85.2 Å². The van der Waals surface area contributed by atoms with E-state index in [4.69, 9.17) is 5.73 Å². The molecule has 0 bridgehead atoms. The second-order valence-electron chi connectivity index (χ2n) is 6.59. The highest BCUT2D eigenvalue weighted by Crippen LogP contribution is 2.30. The zero-order chi connectivity index (χ0) is 17.1. The molecule has 0 radical (unpaired) electrons. The van der Waals surface area contributed by atoms with Crippen LogP contribution in [0.5, 0.6) is 0 Å². The van der Waals surface area contributed by atoms with Crippen molar-refractivity contribution in [2.45, 2.75) is 25.8 Å². The summed E-state index contributed by atoms with van der Waals surface area (Å²) < 4.78 is 2.32. The molecule has 2 aromatic carbocycles. The molecular formula is C21H27N3. The topological polar surface area (TPSA) is 34.2 Å². The summed E-state index contributed by atoms with van der Waals surface area (Å²) in [6, 6.07) is 17.4. The molecule has 0 saturated carbocycles. The van der Waals surface area contributed by atoms with Crippen molar-refractivity contribution in [3.05, 3.63) is 65.9 Å². The summed E-state index contributed by atoms with van der Waals surface area (Å²) in [6.45, 7) is 3.83. The van der Waals surface area contributed by atoms with Crippen LogP contribution in [0.1, 0.15) is 24.0 Å². The number of aromatic nitrogens is 1. The molecule has 0 spiro atoms. The fraction of sp³-hybridized carbons (Fsp3) is 0.333. The molecular weight excluding hydrogens is 294 g/mol. The van der Waals surface area contributed by atoms with Gasteiger partial charge < -0.3 is 15.2 Å². The summed E-state index contributed by atoms with van der Waals surface area (Å²) in [6.07, 6.45) is 3.26. The van der Waals surface area contributed by atoms with Crippen molar-refractivity contribution >= 4 is 16.6 Å². The summed E-state index contributed by atoms with van der Waals surface area (Å²) >= 11 is 0. The highest BCUT2D eigenvalue weighted by Gasteiger charge is 2.17. The lowest BCUT2D eigenvalue weighted by Gasteiger charge is -2.16. The molecule has 0 fully saturated rings. The van der Waals surface area contributed by atoms with E-state index in [1.807, 2.05) is 0 Å². The Labute approximate surface area is 144 Å². The molecule has 3 rings (SSSR count). The Morgan fingerprint density at radius 1 is 1.04 bits per heavy atom. The van der Waals surface area contributed by atoms with Gasteiger partial charge in [0.05, 0.1) is 0 Å². The second kappa shape index (κ2) is 7.10. The first-order valence-corrected chi connectivity index (χ1v) is 8.68. The van der Waals surface area contributed by atoms with Gasteiger partial charge >= 0.3 is 0 Å². The van der Waals surface area contributed by atoms with Crippen LogP contribution in [0, 0.1) is 0 Å². The van der Waals surface area contributed by atoms with Gasteiger partial charge in [0.2, 0.25) is 0 Å². The van der Waals surface area contributed by atoms with Crippen LogP contribution in [-0.2, 0) is 13.0 Å². The summed E-state index contributed by atoms with van der Waals surface area (Å²) in [5.74, 6) is 0.341. The highest BCUT2D eigenvalue weighted by molar-refractivity contribution is 5.84. The lowest BCUT2D eigenvalue weighted by atomic mass is 9.91. The number of hydrogen-bond acceptors (Lipinski definition) is 2. The number of para-hydroxylation sites is 1. The van der Waals surface area contributed by atoms with E-state index in [9.17, 15) is 0 Å². The minimum absolute atomic E-state index is 0.341. The zero-order valence-electron chi connectivity index (χ0n) is 14.9. The molecule has 0 aliphatic rings. The molecule has 1 atom stereocenters. The fourth-order valence-corrected chi connectivity index (χ4v) is 3.40. The third kappa shape index (κ3) is 3.17. The number of benzene rings is 2. The van der Waals surface area contributed by atoms with Crippen molar-refractivity contribution in [2.24, 2.45) is 5.73 Å². The van der Waals surface area contributed by atoms with E-state index in [0.717, 1.165) is 13.0 Å². The number of rotatable bonds is 6. The first-order chi connectivity index (χ1) is 11.6. The Balaban J connectivity index is 1.92. The monoisotopic (exact) mass is 321 g/mol. The van der Waals surface area contributed by atoms with Crippen LogP contribution in [0.3, 0.4) is 0 Å². The SMILES string of the molecule is CCn1cc(C(CN)Cc2ccc(N(C)C)cc2)c2ccccc21. The normalized spacial score (nSPS) is 12.5. The third-order valence-corrected chi connectivity index (χ3v) is 4.82. The van der Waals surface area contributed by atoms with Crippen molar-refractivity contribution in [3.63, 3.8) is 0 Å². The van der Waals surface area contributed by atoms with Crippen LogP contribution in [0.25, 0.3) is 10.9 Å². The van der Waals surface area contributed by atoms with Gasteiger partial charge in [-0.2, -0.15) is 0 Å². The van der Waals surface area contributed by atoms with Crippen LogP contribution in [-0.4, -0.2) is 25.2 Å². The molecule has 0 saturated heterocycles. The Morgan fingerprint density at radius 3 is 2.38 bits per heavy atom. The predicted octanol–water partition coefficient (Wildman–Crippen LogP) is 4.01. The first-order valence-electron chi connectivity index (χ1n) is 8.68. The molecule has 24 heavy (non-hydrogen) atoms. The largest absolute Gasteiger partial charge is 0.378 e. The number of hydrogen-bond donors (Lipinski definition) is 1. The second-order valence-corrected chi connectivity index (χ2v) is 6.59. The Kier molecular flexibility index (Phi) is 4.91. The fourth-order valence-electron chi connectivity index (χ4n) is 3.40. The summed E-state index contributed by atoms with van der Waals surface area (Å²) in [4.78, 5) is 2.12. The summed E-state index contributed by atoms with van der Waals surface area (Å²) in [7, 11) is 4.13. The average Bonchev–Trinajstić information content (AvgIpc) is 2.99. The number of nitrogens with two attached hydrogens (primary N) is 1. The minimum atomic E-state index is 0.341. The predicted molar refractivity (Wildman–Crippen MR) is 104 cm³/mol. The molecule has 0 aliphatic carbocycles. The van der Waals surface area contributed by atoms with Crippen molar-refractivity contribution in [1.82, 2.24) is 4.57 Å². The lowest BCUT2D eigenvalue weighted by molar-refractivity contribution is 0.690. The maximum Gasteiger partial charge on any atom is 0.0483 e. The van der Waals surface area contributed by atoms with Crippen molar-refractivity contribution in [2.75, 3.05) is 25.5 Å². The Bertz CT molecular complexity index is 800. The van der Waals surface area contributed by atoms with E-state index in [0.29, 0.717) is 12.5 Å². The van der Waals surface area contributed by atoms with E-state index in [1.54, 1.807) is 0 Å². The molecule has 1 unspecified atom stereocenters. The van der Waals surface area contributed by atoms with Crippen LogP contribution < -0.4 is 10.6 Å². The van der Waals surface area contributed by atoms with Gasteiger partial charge in [-0.1, -0.05) is 30.3 Å². The Hall–Kier alpha value is -2.26. The van der Waals surface area contributed by atoms with Crippen LogP contribution >= 0.6 is 0 Å². The van der Waals surface area contributed by atoms with E-state index >= 15 is 0 Å². The van der Waals surface area contributed by atoms with Gasteiger partial charge in [0.25, 0.3) is 0 Å². The molecule has 0 amide bonds. The van der Waals surface area contributed by atoms with E-state index in [-0.39, 0.29) is 0 Å². The van der Waals surface area contributed by atoms with Gasteiger partial charge in [-0.15, -0.1) is 0 Å². The molecule has 2 N–H and O–H groups in total. The molecule has 3 aromatic rings. The minimum Gasteiger partial charge on any atom is -0.378 e. The highest BCUT2D eigenvalue weighted by atomic mass is 15.1. The number of nitrogens with zero attached hydrogens (tertiary/aromatic N) is 2. The van der Waals surface area contributed by atoms with Crippen LogP contribution in [0.15, 0.2) is 54.7 Å². The molecule has 1 aromatic heterocycles. The van der Waals surface area contributed by atoms with Gasteiger partial charge in [-0.25, -0.2) is 0 Å². The number of aryl methyl sites for hydroxylation is 1. The van der Waals surface area contributed by atoms with Gasteiger partial charge in [-0.05, 0) is 49.2 Å². The molecule has 126 valence electrons. The molecule has 3 nitrogen and oxygen atoms in total. The van der Waals surface area contributed by atoms with Gasteiger partial charge in [-0.3, -0.25) is 0 Å². The molecule has 0 aliphatic heterocycles. The standard InChI is InChI=1S/C21H27N3/c1-4-24-15-20(19-7-5-6-8-21(19)24)17(14-22)13-16-9-11-18(12-10-16)23(2)3/h5-12,15,17H,4,13-14,22H2,1-3H3. The number of anilines is 1. The van der Waals surface area contributed by atoms with E-state index < -0.39 is 0 Å². The maximum atomic E-state index is 6.16. The van der Waals surface area contributed by atoms with Crippen molar-refractivity contribution < 1.29 is 0 Å². The number of fused-ring (bicyclic) bond motifs is 1. The van der Waals surface area contributed by atoms with E-state index in [1.165, 1.54) is 27.7 Å². The lowest BCUT2D eigenvalue weighted by Crippen LogP contribution is -2.15. The quantitative estimate of drug-likeness (QED) is 0.744. The molecule has 1 heterocycles. The Morgan fingerprint density at radius 2 is 1.75 bits per heavy atom. The van der Waals surface area contributed by atoms with Crippen LogP contribution in [0.2, 0.25) is 0 Å². The molecule has 3 heteroatoms. The summed E-state index contributed by atoms with van der Waals surface area (Å²) in [5, 5.41) is 1.33. The van der Waals surface area contributed by atoms with Crippen LogP contribution in [0.4, 0.5) is 5.69 Å². The smallest absolute Gasteiger partial charge is 0.0483 e. The van der Waals surface area contributed by atoms with Crippen molar-refractivity contribution in [3.8, 4) is 0 Å². The maximum absolute atomic E-state index is 6.16. The van der Waals surface area contributed by atoms with Gasteiger partial charge in [0, 0.05) is 49.3 Å². The zero-order valence-corrected chi connectivity index (χ0v) is 14.9. The first kappa shape index (κ1) is 16.6. The van der Waals surface area contributed by atoms with Crippen molar-refractivity contribution in [1.29, 1.82) is 0 Å². The van der Waals surface area contributed by atoms with Gasteiger partial charge in [0.15, 0.2) is 0 Å². The van der Waals surface area contributed by atoms with Gasteiger partial charge in [0.1, 0.15) is 0 Å².